The average molecular weight is 511 g/mol. The van der Waals surface area contributed by atoms with Gasteiger partial charge in [0.2, 0.25) is 0 Å². The summed E-state index contributed by atoms with van der Waals surface area (Å²) in [6, 6.07) is 0. The molecular formula is C25H35BrO6. The van der Waals surface area contributed by atoms with Crippen LogP contribution >= 0.6 is 15.9 Å². The number of Topliss-reactive ketones (excluding diaryl/α,β-unsaturated/α-hetero) is 1. The van der Waals surface area contributed by atoms with E-state index in [1.165, 1.54) is 6.92 Å². The van der Waals surface area contributed by atoms with Gasteiger partial charge >= 0.3 is 5.97 Å². The second kappa shape index (κ2) is 8.80. The minimum absolute atomic E-state index is 0.0365. The molecule has 3 rings (SSSR count). The first kappa shape index (κ1) is 25.3. The average Bonchev–Trinajstić information content (AvgIpc) is 2.67. The van der Waals surface area contributed by atoms with Crippen LogP contribution < -0.4 is 0 Å². The van der Waals surface area contributed by atoms with Gasteiger partial charge in [0.1, 0.15) is 6.61 Å². The molecule has 0 radical (unpaired) electrons. The molecule has 0 bridgehead atoms. The van der Waals surface area contributed by atoms with Crippen molar-refractivity contribution < 1.29 is 29.3 Å². The molecule has 2 fully saturated rings. The molecule has 0 saturated heterocycles. The maximum Gasteiger partial charge on any atom is 0.303 e. The van der Waals surface area contributed by atoms with Crippen molar-refractivity contribution in [2.45, 2.75) is 76.8 Å². The van der Waals surface area contributed by atoms with Crippen LogP contribution in [0.3, 0.4) is 0 Å². The molecule has 2 unspecified atom stereocenters. The number of halogens is 1. The zero-order valence-corrected chi connectivity index (χ0v) is 21.1. The lowest BCUT2D eigenvalue weighted by atomic mass is 9.44. The van der Waals surface area contributed by atoms with E-state index in [1.54, 1.807) is 19.1 Å². The monoisotopic (exact) mass is 510 g/mol. The Kier molecular flexibility index (Phi) is 6.96. The van der Waals surface area contributed by atoms with E-state index in [2.05, 4.69) is 29.8 Å². The lowest BCUT2D eigenvalue weighted by Crippen LogP contribution is -2.67. The maximum atomic E-state index is 12.7. The highest BCUT2D eigenvalue weighted by Crippen LogP contribution is 2.68. The Balaban J connectivity index is 2.03. The fourth-order valence-electron chi connectivity index (χ4n) is 6.74. The molecule has 3 aliphatic rings. The number of allylic oxidation sites excluding steroid dienone is 4. The molecule has 0 aliphatic heterocycles. The van der Waals surface area contributed by atoms with Gasteiger partial charge in [-0.05, 0) is 61.5 Å². The zero-order valence-electron chi connectivity index (χ0n) is 19.6. The molecule has 32 heavy (non-hydrogen) atoms. The number of hydrogen-bond donors (Lipinski definition) is 2. The van der Waals surface area contributed by atoms with Crippen molar-refractivity contribution in [3.05, 3.63) is 23.8 Å². The smallest absolute Gasteiger partial charge is 0.303 e. The number of fused-ring (bicyclic) bond motifs is 3. The van der Waals surface area contributed by atoms with Gasteiger partial charge in [0.05, 0.1) is 16.5 Å². The number of aliphatic hydroxyl groups excluding tert-OH is 2. The summed E-state index contributed by atoms with van der Waals surface area (Å²) in [5, 5.41) is 22.0. The van der Waals surface area contributed by atoms with Gasteiger partial charge in [0.15, 0.2) is 11.6 Å². The molecule has 3 aliphatic carbocycles. The number of carbonyl (C=O) groups excluding carboxylic acids is 3. The third-order valence-electron chi connectivity index (χ3n) is 8.11. The Morgan fingerprint density at radius 1 is 1.34 bits per heavy atom. The number of carbonyl (C=O) groups is 3. The first-order chi connectivity index (χ1) is 14.7. The van der Waals surface area contributed by atoms with E-state index in [-0.39, 0.29) is 42.3 Å². The van der Waals surface area contributed by atoms with E-state index < -0.39 is 33.3 Å². The van der Waals surface area contributed by atoms with Crippen molar-refractivity contribution in [1.29, 1.82) is 0 Å². The number of esters is 1. The summed E-state index contributed by atoms with van der Waals surface area (Å²) in [4.78, 5) is 36.0. The van der Waals surface area contributed by atoms with Crippen molar-refractivity contribution in [3.63, 3.8) is 0 Å². The standard InChI is InChI=1S/C25H35BrO6/c1-14-8-21-20(9-15(2)27)23(4,11-18(30)13-32-16(3)28)12-22(31)25(21,26)24(5)7-6-17(29)10-19(14)24/h6-7,10,14-15,20-22,27,31H,8-9,11-13H2,1-5H3/t14-,15-,20?,21?,22-,23-,24-,25-/m0/s1. The van der Waals surface area contributed by atoms with Crippen LogP contribution in [-0.2, 0) is 19.1 Å². The second-order valence-electron chi connectivity index (χ2n) is 10.6. The van der Waals surface area contributed by atoms with Crippen molar-refractivity contribution in [2.24, 2.45) is 28.6 Å². The van der Waals surface area contributed by atoms with Crippen LogP contribution in [0.1, 0.15) is 60.3 Å². The minimum Gasteiger partial charge on any atom is -0.458 e. The second-order valence-corrected chi connectivity index (χ2v) is 11.9. The van der Waals surface area contributed by atoms with Crippen LogP contribution in [0.25, 0.3) is 0 Å². The van der Waals surface area contributed by atoms with E-state index >= 15 is 0 Å². The lowest BCUT2D eigenvalue weighted by Gasteiger charge is -2.65. The molecule has 8 atom stereocenters. The highest BCUT2D eigenvalue weighted by atomic mass is 79.9. The largest absolute Gasteiger partial charge is 0.458 e. The normalized spacial score (nSPS) is 41.9. The first-order valence-electron chi connectivity index (χ1n) is 11.4. The highest BCUT2D eigenvalue weighted by molar-refractivity contribution is 9.10. The van der Waals surface area contributed by atoms with Crippen molar-refractivity contribution >= 4 is 33.5 Å². The van der Waals surface area contributed by atoms with Crippen molar-refractivity contribution in [3.8, 4) is 0 Å². The predicted molar refractivity (Wildman–Crippen MR) is 124 cm³/mol. The summed E-state index contributed by atoms with van der Waals surface area (Å²) in [6.45, 7) is 8.91. The van der Waals surface area contributed by atoms with Crippen LogP contribution in [0.4, 0.5) is 0 Å². The number of aliphatic hydroxyl groups is 2. The lowest BCUT2D eigenvalue weighted by molar-refractivity contribution is -0.149. The van der Waals surface area contributed by atoms with E-state index in [4.69, 9.17) is 4.74 Å². The van der Waals surface area contributed by atoms with Crippen LogP contribution in [0.15, 0.2) is 23.8 Å². The fourth-order valence-corrected chi connectivity index (χ4v) is 7.77. The van der Waals surface area contributed by atoms with Gasteiger partial charge in [0.25, 0.3) is 0 Å². The molecule has 0 amide bonds. The van der Waals surface area contributed by atoms with Crippen molar-refractivity contribution in [1.82, 2.24) is 0 Å². The highest BCUT2D eigenvalue weighted by Gasteiger charge is 2.67. The Labute approximate surface area is 198 Å². The Morgan fingerprint density at radius 3 is 2.59 bits per heavy atom. The summed E-state index contributed by atoms with van der Waals surface area (Å²) in [7, 11) is 0. The van der Waals surface area contributed by atoms with Gasteiger partial charge < -0.3 is 14.9 Å². The molecule has 0 aromatic rings. The third kappa shape index (κ3) is 4.16. The van der Waals surface area contributed by atoms with E-state index in [0.717, 1.165) is 12.0 Å². The topological polar surface area (TPSA) is 101 Å². The van der Waals surface area contributed by atoms with E-state index in [1.807, 2.05) is 13.0 Å². The Hall–Kier alpha value is -1.31. The Bertz CT molecular complexity index is 862. The molecule has 2 N–H and O–H groups in total. The van der Waals surface area contributed by atoms with Gasteiger partial charge in [-0.15, -0.1) is 0 Å². The summed E-state index contributed by atoms with van der Waals surface area (Å²) < 4.78 is 4.19. The van der Waals surface area contributed by atoms with Gasteiger partial charge in [-0.1, -0.05) is 48.4 Å². The third-order valence-corrected chi connectivity index (χ3v) is 10.1. The van der Waals surface area contributed by atoms with Gasteiger partial charge in [-0.2, -0.15) is 0 Å². The number of rotatable bonds is 6. The molecule has 0 heterocycles. The molecule has 0 spiro atoms. The minimum atomic E-state index is -0.775. The number of ketones is 2. The number of ether oxygens (including phenoxy) is 1. The Morgan fingerprint density at radius 2 is 2.00 bits per heavy atom. The zero-order chi connectivity index (χ0) is 24.1. The molecule has 0 aromatic carbocycles. The van der Waals surface area contributed by atoms with E-state index in [9.17, 15) is 24.6 Å². The van der Waals surface area contributed by atoms with Crippen molar-refractivity contribution in [2.75, 3.05) is 6.61 Å². The molecule has 6 nitrogen and oxygen atoms in total. The summed E-state index contributed by atoms with van der Waals surface area (Å²) in [5.41, 5.74) is -0.119. The van der Waals surface area contributed by atoms with Crippen LogP contribution in [-0.4, -0.2) is 50.9 Å². The molecule has 7 heteroatoms. The number of hydrogen-bond acceptors (Lipinski definition) is 6. The van der Waals surface area contributed by atoms with Crippen LogP contribution in [0.5, 0.6) is 0 Å². The van der Waals surface area contributed by atoms with E-state index in [0.29, 0.717) is 12.8 Å². The maximum absolute atomic E-state index is 12.7. The molecule has 178 valence electrons. The van der Waals surface area contributed by atoms with Gasteiger partial charge in [0, 0.05) is 18.8 Å². The predicted octanol–water partition coefficient (Wildman–Crippen LogP) is 3.53. The fraction of sp³-hybridized carbons (Fsp3) is 0.720. The van der Waals surface area contributed by atoms with Gasteiger partial charge in [-0.3, -0.25) is 14.4 Å². The summed E-state index contributed by atoms with van der Waals surface area (Å²) in [5.74, 6) is -0.704. The van der Waals surface area contributed by atoms with Gasteiger partial charge in [-0.25, -0.2) is 0 Å². The number of alkyl halides is 1. The van der Waals surface area contributed by atoms with Crippen LogP contribution in [0.2, 0.25) is 0 Å². The first-order valence-corrected chi connectivity index (χ1v) is 12.2. The quantitative estimate of drug-likeness (QED) is 0.418. The molecule has 2 saturated carbocycles. The molecule has 0 aromatic heterocycles. The SMILES string of the molecule is CC(=O)OCC(=O)C[C@@]1(C)C[C@H](O)[C@@]2(Br)C(C[C@H](C)C3=CC(=O)C=C[C@@]32C)C1C[C@H](C)O. The summed E-state index contributed by atoms with van der Waals surface area (Å²) >= 11 is 3.99. The molecular weight excluding hydrogens is 476 g/mol. The summed E-state index contributed by atoms with van der Waals surface area (Å²) in [6.07, 6.45) is 5.60. The van der Waals surface area contributed by atoms with Crippen LogP contribution in [0, 0.1) is 28.6 Å².